The quantitative estimate of drug-likeness (QED) is 0.811. The summed E-state index contributed by atoms with van der Waals surface area (Å²) in [4.78, 5) is 17.2. The molecule has 0 saturated carbocycles. The van der Waals surface area contributed by atoms with Crippen molar-refractivity contribution in [2.75, 3.05) is 0 Å². The Balaban J connectivity index is 2.73. The van der Waals surface area contributed by atoms with Gasteiger partial charge in [-0.1, -0.05) is 0 Å². The van der Waals surface area contributed by atoms with Crippen molar-refractivity contribution in [2.24, 2.45) is 0 Å². The number of hydrogen-bond acceptors (Lipinski definition) is 2. The summed E-state index contributed by atoms with van der Waals surface area (Å²) in [7, 11) is 0. The molecule has 0 saturated heterocycles. The van der Waals surface area contributed by atoms with E-state index in [0.29, 0.717) is 18.2 Å². The van der Waals surface area contributed by atoms with Crippen molar-refractivity contribution >= 4 is 0 Å². The van der Waals surface area contributed by atoms with Gasteiger partial charge in [0.2, 0.25) is 0 Å². The highest BCUT2D eigenvalue weighted by Gasteiger charge is 2.34. The van der Waals surface area contributed by atoms with Gasteiger partial charge in [0.1, 0.15) is 11.6 Å². The third kappa shape index (κ3) is 2.81. The van der Waals surface area contributed by atoms with Gasteiger partial charge in [0, 0.05) is 17.3 Å². The lowest BCUT2D eigenvalue weighted by Gasteiger charge is -2.12. The first kappa shape index (κ1) is 13.3. The molecular formula is C12H8F4N2O. The third-order valence-corrected chi connectivity index (χ3v) is 2.41. The standard InChI is InChI=1S/C12H8F4N2O/c1-6-4-10(19)18-11(17-6)8-5-7(13)2-3-9(8)12(14,15)16/h2-5H,1H3,(H,17,18,19). The molecule has 0 aliphatic heterocycles. The van der Waals surface area contributed by atoms with Crippen LogP contribution in [0, 0.1) is 12.7 Å². The summed E-state index contributed by atoms with van der Waals surface area (Å²) in [5.41, 5.74) is -1.90. The van der Waals surface area contributed by atoms with Crippen LogP contribution in [0.3, 0.4) is 0 Å². The highest BCUT2D eigenvalue weighted by Crippen LogP contribution is 2.36. The molecule has 2 aromatic rings. The number of nitrogens with one attached hydrogen (secondary N) is 1. The molecule has 7 heteroatoms. The van der Waals surface area contributed by atoms with Crippen LogP contribution in [0.4, 0.5) is 17.6 Å². The minimum Gasteiger partial charge on any atom is -0.307 e. The predicted molar refractivity (Wildman–Crippen MR) is 60.0 cm³/mol. The van der Waals surface area contributed by atoms with Gasteiger partial charge >= 0.3 is 6.18 Å². The summed E-state index contributed by atoms with van der Waals surface area (Å²) in [6, 6.07) is 3.16. The van der Waals surface area contributed by atoms with Gasteiger partial charge in [0.15, 0.2) is 0 Å². The minimum atomic E-state index is -4.66. The van der Waals surface area contributed by atoms with Crippen molar-refractivity contribution in [1.29, 1.82) is 0 Å². The van der Waals surface area contributed by atoms with Gasteiger partial charge in [-0.25, -0.2) is 9.37 Å². The monoisotopic (exact) mass is 272 g/mol. The van der Waals surface area contributed by atoms with E-state index in [1.807, 2.05) is 0 Å². The minimum absolute atomic E-state index is 0.246. The molecule has 0 bridgehead atoms. The van der Waals surface area contributed by atoms with Crippen LogP contribution < -0.4 is 5.56 Å². The molecule has 0 aliphatic carbocycles. The SMILES string of the molecule is Cc1cc(=O)[nH]c(-c2cc(F)ccc2C(F)(F)F)n1. The predicted octanol–water partition coefficient (Wildman–Crippen LogP) is 2.90. The molecule has 3 nitrogen and oxygen atoms in total. The number of alkyl halides is 3. The van der Waals surface area contributed by atoms with Gasteiger partial charge in [-0.3, -0.25) is 4.79 Å². The topological polar surface area (TPSA) is 45.8 Å². The van der Waals surface area contributed by atoms with E-state index >= 15 is 0 Å². The molecule has 100 valence electrons. The summed E-state index contributed by atoms with van der Waals surface area (Å²) < 4.78 is 51.6. The molecule has 19 heavy (non-hydrogen) atoms. The number of benzene rings is 1. The Bertz CT molecular complexity index is 676. The highest BCUT2D eigenvalue weighted by atomic mass is 19.4. The third-order valence-electron chi connectivity index (χ3n) is 2.41. The number of aromatic amines is 1. The molecule has 0 amide bonds. The Labute approximate surface area is 104 Å². The normalized spacial score (nSPS) is 11.6. The first-order valence-corrected chi connectivity index (χ1v) is 5.22. The smallest absolute Gasteiger partial charge is 0.307 e. The molecule has 1 N–H and O–H groups in total. The Kier molecular flexibility index (Phi) is 3.13. The van der Waals surface area contributed by atoms with E-state index in [9.17, 15) is 22.4 Å². The second kappa shape index (κ2) is 4.49. The molecule has 0 unspecified atom stereocenters. The first-order chi connectivity index (χ1) is 8.77. The van der Waals surface area contributed by atoms with E-state index in [1.165, 1.54) is 6.92 Å². The Morgan fingerprint density at radius 1 is 1.21 bits per heavy atom. The maximum Gasteiger partial charge on any atom is 0.417 e. The zero-order valence-corrected chi connectivity index (χ0v) is 9.68. The summed E-state index contributed by atoms with van der Waals surface area (Å²) in [6.07, 6.45) is -4.66. The number of aromatic nitrogens is 2. The highest BCUT2D eigenvalue weighted by molar-refractivity contribution is 5.61. The van der Waals surface area contributed by atoms with E-state index in [4.69, 9.17) is 0 Å². The molecule has 0 radical (unpaired) electrons. The Morgan fingerprint density at radius 3 is 2.47 bits per heavy atom. The number of aryl methyl sites for hydroxylation is 1. The lowest BCUT2D eigenvalue weighted by Crippen LogP contribution is -2.13. The lowest BCUT2D eigenvalue weighted by atomic mass is 10.1. The average molecular weight is 272 g/mol. The molecule has 1 heterocycles. The van der Waals surface area contributed by atoms with Crippen molar-refractivity contribution in [3.05, 3.63) is 51.7 Å². The van der Waals surface area contributed by atoms with Gasteiger partial charge < -0.3 is 4.98 Å². The van der Waals surface area contributed by atoms with E-state index in [-0.39, 0.29) is 11.5 Å². The van der Waals surface area contributed by atoms with Crippen LogP contribution in [0.2, 0.25) is 0 Å². The fourth-order valence-corrected chi connectivity index (χ4v) is 1.67. The molecule has 0 spiro atoms. The van der Waals surface area contributed by atoms with Gasteiger partial charge in [-0.2, -0.15) is 13.2 Å². The molecule has 1 aromatic heterocycles. The van der Waals surface area contributed by atoms with Crippen LogP contribution in [0.5, 0.6) is 0 Å². The molecule has 0 atom stereocenters. The van der Waals surface area contributed by atoms with Crippen molar-refractivity contribution in [1.82, 2.24) is 9.97 Å². The first-order valence-electron chi connectivity index (χ1n) is 5.22. The van der Waals surface area contributed by atoms with Crippen molar-refractivity contribution in [3.63, 3.8) is 0 Å². The Morgan fingerprint density at radius 2 is 1.89 bits per heavy atom. The van der Waals surface area contributed by atoms with Crippen LogP contribution in [-0.4, -0.2) is 9.97 Å². The van der Waals surface area contributed by atoms with Gasteiger partial charge in [-0.15, -0.1) is 0 Å². The maximum absolute atomic E-state index is 13.1. The van der Waals surface area contributed by atoms with Crippen LogP contribution in [0.15, 0.2) is 29.1 Å². The number of halogens is 4. The lowest BCUT2D eigenvalue weighted by molar-refractivity contribution is -0.137. The number of H-pyrrole nitrogens is 1. The van der Waals surface area contributed by atoms with Crippen molar-refractivity contribution in [3.8, 4) is 11.4 Å². The van der Waals surface area contributed by atoms with E-state index in [0.717, 1.165) is 6.07 Å². The van der Waals surface area contributed by atoms with Gasteiger partial charge in [0.05, 0.1) is 5.56 Å². The number of hydrogen-bond donors (Lipinski definition) is 1. The number of nitrogens with zero attached hydrogens (tertiary/aromatic N) is 1. The molecular weight excluding hydrogens is 264 g/mol. The summed E-state index contributed by atoms with van der Waals surface area (Å²) in [5, 5.41) is 0. The van der Waals surface area contributed by atoms with Crippen LogP contribution in [0.1, 0.15) is 11.3 Å². The zero-order valence-electron chi connectivity index (χ0n) is 9.68. The van der Waals surface area contributed by atoms with Crippen LogP contribution in [-0.2, 0) is 6.18 Å². The summed E-state index contributed by atoms with van der Waals surface area (Å²) in [6.45, 7) is 1.46. The van der Waals surface area contributed by atoms with Crippen LogP contribution in [0.25, 0.3) is 11.4 Å². The average Bonchev–Trinajstić information content (AvgIpc) is 2.25. The Hall–Kier alpha value is -2.18. The van der Waals surface area contributed by atoms with E-state index in [2.05, 4.69) is 9.97 Å². The van der Waals surface area contributed by atoms with Crippen LogP contribution >= 0.6 is 0 Å². The van der Waals surface area contributed by atoms with Gasteiger partial charge in [-0.05, 0) is 25.1 Å². The fraction of sp³-hybridized carbons (Fsp3) is 0.167. The van der Waals surface area contributed by atoms with Crippen molar-refractivity contribution < 1.29 is 17.6 Å². The summed E-state index contributed by atoms with van der Waals surface area (Å²) in [5.74, 6) is -1.15. The molecule has 1 aromatic carbocycles. The molecule has 2 rings (SSSR count). The zero-order chi connectivity index (χ0) is 14.2. The second-order valence-corrected chi connectivity index (χ2v) is 3.92. The summed E-state index contributed by atoms with van der Waals surface area (Å²) >= 11 is 0. The largest absolute Gasteiger partial charge is 0.417 e. The van der Waals surface area contributed by atoms with Gasteiger partial charge in [0.25, 0.3) is 5.56 Å². The van der Waals surface area contributed by atoms with Crippen molar-refractivity contribution in [2.45, 2.75) is 13.1 Å². The van der Waals surface area contributed by atoms with E-state index in [1.54, 1.807) is 0 Å². The maximum atomic E-state index is 13.1. The second-order valence-electron chi connectivity index (χ2n) is 3.92. The number of rotatable bonds is 1. The fourth-order valence-electron chi connectivity index (χ4n) is 1.67. The van der Waals surface area contributed by atoms with E-state index < -0.39 is 28.7 Å². The molecule has 0 fully saturated rings. The molecule has 0 aliphatic rings.